The van der Waals surface area contributed by atoms with Gasteiger partial charge in [-0.15, -0.1) is 0 Å². The van der Waals surface area contributed by atoms with Crippen molar-refractivity contribution in [2.75, 3.05) is 0 Å². The van der Waals surface area contributed by atoms with Crippen LogP contribution in [0.25, 0.3) is 0 Å². The van der Waals surface area contributed by atoms with Crippen molar-refractivity contribution in [1.82, 2.24) is 0 Å². The number of carbonyl (C=O) groups is 2. The predicted octanol–water partition coefficient (Wildman–Crippen LogP) is 2.90. The van der Waals surface area contributed by atoms with Crippen LogP contribution in [0.3, 0.4) is 0 Å². The summed E-state index contributed by atoms with van der Waals surface area (Å²) in [7, 11) is -1.36. The van der Waals surface area contributed by atoms with Gasteiger partial charge in [0.05, 0.1) is 10.8 Å². The molecule has 0 aliphatic carbocycles. The molecule has 0 bridgehead atoms. The number of aromatic carboxylic acids is 1. The van der Waals surface area contributed by atoms with Gasteiger partial charge in [-0.05, 0) is 24.6 Å². The van der Waals surface area contributed by atoms with Gasteiger partial charge in [0.25, 0.3) is 0 Å². The monoisotopic (exact) mass is 316 g/mol. The molecule has 1 N–H and O–H groups in total. The van der Waals surface area contributed by atoms with E-state index in [0.717, 1.165) is 5.56 Å². The van der Waals surface area contributed by atoms with Gasteiger partial charge >= 0.3 is 5.97 Å². The molecule has 0 aliphatic heterocycles. The first-order chi connectivity index (χ1) is 10.5. The van der Waals surface area contributed by atoms with E-state index in [4.69, 9.17) is 5.11 Å². The molecule has 114 valence electrons. The summed E-state index contributed by atoms with van der Waals surface area (Å²) >= 11 is 0. The van der Waals surface area contributed by atoms with Crippen molar-refractivity contribution in [3.05, 3.63) is 71.3 Å². The lowest BCUT2D eigenvalue weighted by molar-refractivity contribution is 0.0696. The lowest BCUT2D eigenvalue weighted by Gasteiger charge is -2.11. The summed E-state index contributed by atoms with van der Waals surface area (Å²) < 4.78 is 12.3. The van der Waals surface area contributed by atoms with Crippen LogP contribution in [-0.4, -0.2) is 26.3 Å². The van der Waals surface area contributed by atoms with E-state index in [0.29, 0.717) is 5.56 Å². The van der Waals surface area contributed by atoms with Gasteiger partial charge in [0.2, 0.25) is 0 Å². The molecule has 2 aromatic rings. The maximum Gasteiger partial charge on any atom is 0.335 e. The molecule has 2 unspecified atom stereocenters. The largest absolute Gasteiger partial charge is 0.478 e. The number of ketones is 1. The normalized spacial score (nSPS) is 13.3. The molecule has 0 saturated heterocycles. The Kier molecular flexibility index (Phi) is 5.22. The number of benzene rings is 2. The van der Waals surface area contributed by atoms with Crippen molar-refractivity contribution in [3.8, 4) is 0 Å². The zero-order valence-corrected chi connectivity index (χ0v) is 12.9. The summed E-state index contributed by atoms with van der Waals surface area (Å²) in [6, 6.07) is 15.0. The van der Waals surface area contributed by atoms with Gasteiger partial charge < -0.3 is 5.11 Å². The third kappa shape index (κ3) is 3.89. The molecule has 0 aliphatic rings. The van der Waals surface area contributed by atoms with E-state index in [1.54, 1.807) is 43.3 Å². The minimum absolute atomic E-state index is 0.152. The van der Waals surface area contributed by atoms with Gasteiger partial charge in [0.1, 0.15) is 0 Å². The Morgan fingerprint density at radius 1 is 1.00 bits per heavy atom. The van der Waals surface area contributed by atoms with Crippen LogP contribution < -0.4 is 0 Å². The smallest absolute Gasteiger partial charge is 0.335 e. The Morgan fingerprint density at radius 2 is 1.59 bits per heavy atom. The van der Waals surface area contributed by atoms with Gasteiger partial charge in [0.15, 0.2) is 5.78 Å². The van der Waals surface area contributed by atoms with Crippen molar-refractivity contribution >= 4 is 22.6 Å². The average Bonchev–Trinajstić information content (AvgIpc) is 2.54. The second-order valence-corrected chi connectivity index (χ2v) is 6.66. The zero-order valence-electron chi connectivity index (χ0n) is 12.1. The Morgan fingerprint density at radius 3 is 2.14 bits per heavy atom. The van der Waals surface area contributed by atoms with E-state index in [1.807, 2.05) is 6.07 Å². The van der Waals surface area contributed by atoms with Crippen molar-refractivity contribution < 1.29 is 18.9 Å². The lowest BCUT2D eigenvalue weighted by Crippen LogP contribution is -2.23. The van der Waals surface area contributed by atoms with Crippen LogP contribution in [0.4, 0.5) is 0 Å². The Balaban J connectivity index is 2.05. The summed E-state index contributed by atoms with van der Waals surface area (Å²) in [5.74, 6) is -0.930. The summed E-state index contributed by atoms with van der Waals surface area (Å²) in [5, 5.41) is 8.23. The van der Waals surface area contributed by atoms with Crippen LogP contribution >= 0.6 is 0 Å². The minimum atomic E-state index is -1.36. The first-order valence-corrected chi connectivity index (χ1v) is 8.16. The third-order valence-corrected chi connectivity index (χ3v) is 4.95. The number of Topliss-reactive ketones (excluding diaryl/α,β-unsaturated/α-hetero) is 1. The number of carbonyl (C=O) groups excluding carboxylic acids is 1. The highest BCUT2D eigenvalue weighted by Gasteiger charge is 2.21. The minimum Gasteiger partial charge on any atom is -0.478 e. The second kappa shape index (κ2) is 7.13. The summed E-state index contributed by atoms with van der Waals surface area (Å²) in [4.78, 5) is 23.0. The van der Waals surface area contributed by atoms with Crippen LogP contribution in [0.5, 0.6) is 0 Å². The van der Waals surface area contributed by atoms with Crippen molar-refractivity contribution in [1.29, 1.82) is 0 Å². The van der Waals surface area contributed by atoms with E-state index in [2.05, 4.69) is 0 Å². The average molecular weight is 316 g/mol. The molecule has 2 atom stereocenters. The predicted molar refractivity (Wildman–Crippen MR) is 85.5 cm³/mol. The van der Waals surface area contributed by atoms with E-state index in [-0.39, 0.29) is 17.1 Å². The van der Waals surface area contributed by atoms with E-state index in [9.17, 15) is 13.8 Å². The van der Waals surface area contributed by atoms with Gasteiger partial charge in [-0.3, -0.25) is 9.00 Å². The molecule has 5 heteroatoms. The third-order valence-electron chi connectivity index (χ3n) is 3.33. The molecule has 0 radical (unpaired) electrons. The molecule has 0 aromatic heterocycles. The van der Waals surface area contributed by atoms with E-state index >= 15 is 0 Å². The SMILES string of the molecule is CC(C(=O)c1ccccc1)S(=O)Cc1ccc(C(=O)O)cc1. The van der Waals surface area contributed by atoms with Crippen LogP contribution in [0, 0.1) is 0 Å². The maximum atomic E-state index is 12.3. The van der Waals surface area contributed by atoms with Crippen molar-refractivity contribution in [3.63, 3.8) is 0 Å². The Labute approximate surface area is 131 Å². The molecule has 0 heterocycles. The highest BCUT2D eigenvalue weighted by atomic mass is 32.2. The van der Waals surface area contributed by atoms with Crippen LogP contribution in [-0.2, 0) is 16.6 Å². The quantitative estimate of drug-likeness (QED) is 0.832. The number of carboxylic acids is 1. The standard InChI is InChI=1S/C17H16O4S/c1-12(16(18)14-5-3-2-4-6-14)22(21)11-13-7-9-15(10-8-13)17(19)20/h2-10,12H,11H2,1H3,(H,19,20). The molecular weight excluding hydrogens is 300 g/mol. The molecule has 4 nitrogen and oxygen atoms in total. The molecule has 2 rings (SSSR count). The highest BCUT2D eigenvalue weighted by Crippen LogP contribution is 2.13. The molecule has 0 saturated carbocycles. The van der Waals surface area contributed by atoms with Gasteiger partial charge in [0, 0.05) is 22.1 Å². The summed E-state index contributed by atoms with van der Waals surface area (Å²) in [6.45, 7) is 1.65. The highest BCUT2D eigenvalue weighted by molar-refractivity contribution is 7.85. The van der Waals surface area contributed by atoms with Gasteiger partial charge in [-0.2, -0.15) is 0 Å². The Bertz CT molecular complexity index is 692. The van der Waals surface area contributed by atoms with Crippen LogP contribution in [0.15, 0.2) is 54.6 Å². The molecular formula is C17H16O4S. The molecule has 2 aromatic carbocycles. The number of rotatable bonds is 6. The molecule has 0 spiro atoms. The first-order valence-electron chi connectivity index (χ1n) is 6.77. The molecule has 0 fully saturated rings. The fourth-order valence-corrected chi connectivity index (χ4v) is 3.14. The maximum absolute atomic E-state index is 12.3. The number of hydrogen-bond donors (Lipinski definition) is 1. The number of hydrogen-bond acceptors (Lipinski definition) is 3. The molecule has 0 amide bonds. The van der Waals surface area contributed by atoms with Crippen LogP contribution in [0.1, 0.15) is 33.2 Å². The Hall–Kier alpha value is -2.27. The van der Waals surface area contributed by atoms with Crippen LogP contribution in [0.2, 0.25) is 0 Å². The summed E-state index contributed by atoms with van der Waals surface area (Å²) in [6.07, 6.45) is 0. The lowest BCUT2D eigenvalue weighted by atomic mass is 10.1. The topological polar surface area (TPSA) is 71.4 Å². The number of carboxylic acid groups (broad SMARTS) is 1. The fourth-order valence-electron chi connectivity index (χ4n) is 1.99. The van der Waals surface area contributed by atoms with E-state index in [1.165, 1.54) is 12.1 Å². The van der Waals surface area contributed by atoms with Crippen molar-refractivity contribution in [2.45, 2.75) is 17.9 Å². The first kappa shape index (κ1) is 16.1. The summed E-state index contributed by atoms with van der Waals surface area (Å²) in [5.41, 5.74) is 1.48. The second-order valence-electron chi connectivity index (χ2n) is 4.90. The van der Waals surface area contributed by atoms with Crippen molar-refractivity contribution in [2.24, 2.45) is 0 Å². The fraction of sp³-hybridized carbons (Fsp3) is 0.176. The van der Waals surface area contributed by atoms with Gasteiger partial charge in [-0.25, -0.2) is 4.79 Å². The zero-order chi connectivity index (χ0) is 16.1. The molecule has 22 heavy (non-hydrogen) atoms. The van der Waals surface area contributed by atoms with Gasteiger partial charge in [-0.1, -0.05) is 42.5 Å². The van der Waals surface area contributed by atoms with E-state index < -0.39 is 22.0 Å².